The van der Waals surface area contributed by atoms with Gasteiger partial charge in [0.1, 0.15) is 5.82 Å². The molecule has 0 bridgehead atoms. The number of amides is 1. The van der Waals surface area contributed by atoms with E-state index in [2.05, 4.69) is 64.2 Å². The summed E-state index contributed by atoms with van der Waals surface area (Å²) in [5.74, 6) is 0.959. The molecule has 198 valence electrons. The first kappa shape index (κ1) is 25.8. The molecule has 1 amide bonds. The standard InChI is InChI=1S/C29H40N6O2/c1-20(2)27-19-37-21(3)16-35(27)18-29(36)32-28-13-24-12-22(8-9-23(24)14-30-28)25-15-31-33(4)26(25)17-34-10-6-5-7-11-34/h8-9,12-15,20-21,27H,5-7,10-11,16-19H2,1-4H3,(H,30,32,36)/t21-,27+/m1/s1. The molecule has 8 nitrogen and oxygen atoms in total. The predicted octanol–water partition coefficient (Wildman–Crippen LogP) is 4.31. The summed E-state index contributed by atoms with van der Waals surface area (Å²) in [6.45, 7) is 11.4. The van der Waals surface area contributed by atoms with Crippen molar-refractivity contribution in [1.82, 2.24) is 24.6 Å². The Morgan fingerprint density at radius 1 is 1.14 bits per heavy atom. The Balaban J connectivity index is 1.32. The van der Waals surface area contributed by atoms with Gasteiger partial charge in [0.15, 0.2) is 0 Å². The second-order valence-electron chi connectivity index (χ2n) is 11.0. The monoisotopic (exact) mass is 504 g/mol. The molecule has 1 aromatic carbocycles. The zero-order valence-electron chi connectivity index (χ0n) is 22.6. The molecule has 0 aliphatic carbocycles. The van der Waals surface area contributed by atoms with Crippen LogP contribution in [-0.4, -0.2) is 75.4 Å². The number of anilines is 1. The Morgan fingerprint density at radius 2 is 1.95 bits per heavy atom. The van der Waals surface area contributed by atoms with Gasteiger partial charge in [0, 0.05) is 43.3 Å². The molecule has 5 rings (SSSR count). The van der Waals surface area contributed by atoms with Crippen molar-refractivity contribution in [1.29, 1.82) is 0 Å². The highest BCUT2D eigenvalue weighted by Crippen LogP contribution is 2.29. The maximum absolute atomic E-state index is 13.0. The van der Waals surface area contributed by atoms with Crippen LogP contribution in [0.3, 0.4) is 0 Å². The second kappa shape index (κ2) is 11.3. The van der Waals surface area contributed by atoms with Crippen LogP contribution in [0.1, 0.15) is 45.7 Å². The van der Waals surface area contributed by atoms with Gasteiger partial charge in [-0.15, -0.1) is 0 Å². The zero-order valence-corrected chi connectivity index (χ0v) is 22.6. The molecule has 2 aromatic heterocycles. The molecule has 2 aliphatic heterocycles. The summed E-state index contributed by atoms with van der Waals surface area (Å²) in [5.41, 5.74) is 3.54. The van der Waals surface area contributed by atoms with Crippen molar-refractivity contribution in [3.05, 3.63) is 42.4 Å². The van der Waals surface area contributed by atoms with Crippen molar-refractivity contribution in [3.8, 4) is 11.1 Å². The molecule has 2 saturated heterocycles. The highest BCUT2D eigenvalue weighted by molar-refractivity contribution is 5.95. The van der Waals surface area contributed by atoms with Crippen molar-refractivity contribution in [2.75, 3.05) is 38.1 Å². The molecular formula is C29H40N6O2. The SMILES string of the molecule is CC(C)[C@@H]1CO[C@H](C)CN1CC(=O)Nc1cc2cc(-c3cnn(C)c3CN3CCCCC3)ccc2cn1. The molecule has 4 heterocycles. The van der Waals surface area contributed by atoms with E-state index in [-0.39, 0.29) is 18.1 Å². The number of aromatic nitrogens is 3. The number of nitrogens with zero attached hydrogens (tertiary/aromatic N) is 5. The summed E-state index contributed by atoms with van der Waals surface area (Å²) in [6, 6.07) is 8.64. The van der Waals surface area contributed by atoms with Crippen molar-refractivity contribution in [2.24, 2.45) is 13.0 Å². The largest absolute Gasteiger partial charge is 0.376 e. The summed E-state index contributed by atoms with van der Waals surface area (Å²) in [6.07, 6.45) is 7.81. The number of pyridine rings is 1. The maximum Gasteiger partial charge on any atom is 0.239 e. The number of ether oxygens (including phenoxy) is 1. The number of carbonyl (C=O) groups excluding carboxylic acids is 1. The summed E-state index contributed by atoms with van der Waals surface area (Å²) >= 11 is 0. The lowest BCUT2D eigenvalue weighted by Crippen LogP contribution is -2.53. The minimum Gasteiger partial charge on any atom is -0.376 e. The number of nitrogens with one attached hydrogen (secondary N) is 1. The van der Waals surface area contributed by atoms with E-state index in [1.165, 1.54) is 30.5 Å². The Morgan fingerprint density at radius 3 is 2.73 bits per heavy atom. The lowest BCUT2D eigenvalue weighted by molar-refractivity contribution is -0.122. The van der Waals surface area contributed by atoms with Crippen LogP contribution in [0.15, 0.2) is 36.7 Å². The van der Waals surface area contributed by atoms with Crippen LogP contribution in [0.5, 0.6) is 0 Å². The third-order valence-electron chi connectivity index (χ3n) is 7.81. The van der Waals surface area contributed by atoms with Crippen molar-refractivity contribution >= 4 is 22.5 Å². The topological polar surface area (TPSA) is 75.5 Å². The van der Waals surface area contributed by atoms with Crippen molar-refractivity contribution in [3.63, 3.8) is 0 Å². The Labute approximate surface area is 220 Å². The van der Waals surface area contributed by atoms with Gasteiger partial charge >= 0.3 is 0 Å². The van der Waals surface area contributed by atoms with Crippen LogP contribution in [-0.2, 0) is 23.1 Å². The number of aryl methyl sites for hydroxylation is 1. The van der Waals surface area contributed by atoms with E-state index in [0.717, 1.165) is 42.5 Å². The van der Waals surface area contributed by atoms with Crippen LogP contribution >= 0.6 is 0 Å². The molecule has 2 aliphatic rings. The number of carbonyl (C=O) groups is 1. The van der Waals surface area contributed by atoms with E-state index in [1.807, 2.05) is 30.2 Å². The first-order valence-corrected chi connectivity index (χ1v) is 13.7. The molecule has 0 unspecified atom stereocenters. The number of hydrogen-bond acceptors (Lipinski definition) is 6. The number of hydrogen-bond donors (Lipinski definition) is 1. The van der Waals surface area contributed by atoms with Gasteiger partial charge in [-0.05, 0) is 61.9 Å². The fourth-order valence-corrected chi connectivity index (χ4v) is 5.65. The summed E-state index contributed by atoms with van der Waals surface area (Å²) in [4.78, 5) is 22.2. The molecule has 0 radical (unpaired) electrons. The van der Waals surface area contributed by atoms with Gasteiger partial charge in [-0.2, -0.15) is 5.10 Å². The average molecular weight is 505 g/mol. The molecular weight excluding hydrogens is 464 g/mol. The highest BCUT2D eigenvalue weighted by Gasteiger charge is 2.30. The molecule has 1 N–H and O–H groups in total. The van der Waals surface area contributed by atoms with E-state index in [4.69, 9.17) is 4.74 Å². The minimum atomic E-state index is -0.0427. The van der Waals surface area contributed by atoms with Crippen LogP contribution in [0.25, 0.3) is 21.9 Å². The van der Waals surface area contributed by atoms with Crippen LogP contribution in [0, 0.1) is 5.92 Å². The lowest BCUT2D eigenvalue weighted by Gasteiger charge is -2.40. The normalized spacial score (nSPS) is 21.5. The quantitative estimate of drug-likeness (QED) is 0.517. The average Bonchev–Trinajstić information content (AvgIpc) is 3.23. The van der Waals surface area contributed by atoms with Gasteiger partial charge in [-0.3, -0.25) is 19.3 Å². The Bertz CT molecular complexity index is 1230. The predicted molar refractivity (Wildman–Crippen MR) is 147 cm³/mol. The van der Waals surface area contributed by atoms with Gasteiger partial charge in [0.05, 0.1) is 31.1 Å². The van der Waals surface area contributed by atoms with Gasteiger partial charge in [-0.25, -0.2) is 4.98 Å². The van der Waals surface area contributed by atoms with Crippen LogP contribution in [0.4, 0.5) is 5.82 Å². The lowest BCUT2D eigenvalue weighted by atomic mass is 10.0. The molecule has 0 saturated carbocycles. The van der Waals surface area contributed by atoms with Crippen LogP contribution < -0.4 is 5.32 Å². The minimum absolute atomic E-state index is 0.0427. The van der Waals surface area contributed by atoms with Crippen molar-refractivity contribution < 1.29 is 9.53 Å². The molecule has 3 aromatic rings. The Hall–Kier alpha value is -2.81. The molecule has 37 heavy (non-hydrogen) atoms. The van der Waals surface area contributed by atoms with E-state index >= 15 is 0 Å². The first-order valence-electron chi connectivity index (χ1n) is 13.7. The maximum atomic E-state index is 13.0. The third kappa shape index (κ3) is 6.03. The third-order valence-corrected chi connectivity index (χ3v) is 7.81. The zero-order chi connectivity index (χ0) is 25.9. The fourth-order valence-electron chi connectivity index (χ4n) is 5.65. The molecule has 2 fully saturated rings. The van der Waals surface area contributed by atoms with E-state index in [9.17, 15) is 4.79 Å². The van der Waals surface area contributed by atoms with Crippen LogP contribution in [0.2, 0.25) is 0 Å². The van der Waals surface area contributed by atoms with Gasteiger partial charge < -0.3 is 10.1 Å². The van der Waals surface area contributed by atoms with E-state index < -0.39 is 0 Å². The van der Waals surface area contributed by atoms with Gasteiger partial charge in [0.2, 0.25) is 5.91 Å². The first-order chi connectivity index (χ1) is 17.9. The summed E-state index contributed by atoms with van der Waals surface area (Å²) < 4.78 is 7.84. The van der Waals surface area contributed by atoms with E-state index in [0.29, 0.717) is 24.9 Å². The number of rotatable bonds is 7. The molecule has 0 spiro atoms. The smallest absolute Gasteiger partial charge is 0.239 e. The van der Waals surface area contributed by atoms with E-state index in [1.54, 1.807) is 0 Å². The second-order valence-corrected chi connectivity index (χ2v) is 11.0. The Kier molecular flexibility index (Phi) is 7.88. The molecule has 8 heteroatoms. The summed E-state index contributed by atoms with van der Waals surface area (Å²) in [7, 11) is 2.03. The number of fused-ring (bicyclic) bond motifs is 1. The number of morpholine rings is 1. The van der Waals surface area contributed by atoms with Gasteiger partial charge in [-0.1, -0.05) is 32.4 Å². The summed E-state index contributed by atoms with van der Waals surface area (Å²) in [5, 5.41) is 9.71. The molecule has 2 atom stereocenters. The number of likely N-dealkylation sites (tertiary alicyclic amines) is 1. The van der Waals surface area contributed by atoms with Gasteiger partial charge in [0.25, 0.3) is 0 Å². The fraction of sp³-hybridized carbons (Fsp3) is 0.552. The number of benzene rings is 1. The highest BCUT2D eigenvalue weighted by atomic mass is 16.5. The van der Waals surface area contributed by atoms with Crippen molar-refractivity contribution in [2.45, 2.75) is 58.7 Å². The number of piperidine rings is 1.